The maximum atomic E-state index is 11.5. The summed E-state index contributed by atoms with van der Waals surface area (Å²) in [6, 6.07) is 7.24. The van der Waals surface area contributed by atoms with Crippen molar-refractivity contribution in [3.8, 4) is 0 Å². The van der Waals surface area contributed by atoms with Crippen LogP contribution in [0.25, 0.3) is 0 Å². The molecule has 0 atom stereocenters. The van der Waals surface area contributed by atoms with Crippen LogP contribution in [0, 0.1) is 0 Å². The summed E-state index contributed by atoms with van der Waals surface area (Å²) in [5.74, 6) is -0.00555. The number of anilines is 2. The van der Waals surface area contributed by atoms with Crippen LogP contribution in [0.1, 0.15) is 19.3 Å². The molecule has 0 saturated carbocycles. The fraction of sp³-hybridized carbons (Fsp3) is 0.417. The Morgan fingerprint density at radius 2 is 2.06 bits per heavy atom. The lowest BCUT2D eigenvalue weighted by Crippen LogP contribution is -2.12. The van der Waals surface area contributed by atoms with Gasteiger partial charge in [-0.15, -0.1) is 12.4 Å². The van der Waals surface area contributed by atoms with Crippen LogP contribution in [0.15, 0.2) is 24.3 Å². The first-order valence-electron chi connectivity index (χ1n) is 5.37. The number of carbonyl (C=O) groups excluding carboxylic acids is 1. The molecule has 17 heavy (non-hydrogen) atoms. The molecule has 0 fully saturated rings. The van der Waals surface area contributed by atoms with Crippen LogP contribution in [0.4, 0.5) is 11.4 Å². The number of carbonyl (C=O) groups is 1. The van der Waals surface area contributed by atoms with Crippen LogP contribution < -0.4 is 11.1 Å². The van der Waals surface area contributed by atoms with Gasteiger partial charge in [-0.1, -0.05) is 12.1 Å². The topological polar surface area (TPSA) is 64.3 Å². The molecule has 0 aliphatic carbocycles. The molecule has 0 spiro atoms. The van der Waals surface area contributed by atoms with Gasteiger partial charge in [0, 0.05) is 20.1 Å². The fourth-order valence-electron chi connectivity index (χ4n) is 1.36. The number of nitrogen functional groups attached to an aromatic ring is 1. The first-order valence-corrected chi connectivity index (χ1v) is 5.37. The van der Waals surface area contributed by atoms with Crippen LogP contribution in [-0.4, -0.2) is 19.6 Å². The fourth-order valence-corrected chi connectivity index (χ4v) is 1.36. The average Bonchev–Trinajstić information content (AvgIpc) is 2.28. The van der Waals surface area contributed by atoms with Crippen molar-refractivity contribution < 1.29 is 9.53 Å². The van der Waals surface area contributed by atoms with E-state index in [0.29, 0.717) is 24.4 Å². The van der Waals surface area contributed by atoms with Gasteiger partial charge in [0.1, 0.15) is 0 Å². The number of para-hydroxylation sites is 2. The number of nitrogens with two attached hydrogens (primary N) is 1. The molecule has 1 aromatic carbocycles. The van der Waals surface area contributed by atoms with E-state index in [0.717, 1.165) is 12.8 Å². The number of unbranched alkanes of at least 4 members (excludes halogenated alkanes) is 1. The predicted octanol–water partition coefficient (Wildman–Crippen LogP) is 2.45. The second-order valence-corrected chi connectivity index (χ2v) is 3.59. The molecule has 1 aromatic rings. The average molecular weight is 259 g/mol. The van der Waals surface area contributed by atoms with Crippen molar-refractivity contribution in [2.24, 2.45) is 0 Å². The zero-order valence-electron chi connectivity index (χ0n) is 9.94. The summed E-state index contributed by atoms with van der Waals surface area (Å²) in [5.41, 5.74) is 6.98. The zero-order chi connectivity index (χ0) is 11.8. The maximum absolute atomic E-state index is 11.5. The number of hydrogen-bond donors (Lipinski definition) is 2. The lowest BCUT2D eigenvalue weighted by Gasteiger charge is -2.07. The third-order valence-corrected chi connectivity index (χ3v) is 2.24. The standard InChI is InChI=1S/C12H18N2O2.ClH/c1-16-9-5-4-8-12(15)14-11-7-3-2-6-10(11)13;/h2-3,6-7H,4-5,8-9,13H2,1H3,(H,14,15);1H. The molecule has 1 amide bonds. The summed E-state index contributed by atoms with van der Waals surface area (Å²) in [5, 5.41) is 2.78. The molecule has 0 heterocycles. The van der Waals surface area contributed by atoms with Crippen molar-refractivity contribution >= 4 is 29.7 Å². The van der Waals surface area contributed by atoms with Crippen molar-refractivity contribution in [2.75, 3.05) is 24.8 Å². The molecule has 0 aromatic heterocycles. The van der Waals surface area contributed by atoms with Crippen molar-refractivity contribution in [3.63, 3.8) is 0 Å². The van der Waals surface area contributed by atoms with Gasteiger partial charge >= 0.3 is 0 Å². The summed E-state index contributed by atoms with van der Waals surface area (Å²) in [6.07, 6.45) is 2.22. The van der Waals surface area contributed by atoms with Crippen LogP contribution in [0.2, 0.25) is 0 Å². The second-order valence-electron chi connectivity index (χ2n) is 3.59. The third-order valence-electron chi connectivity index (χ3n) is 2.24. The van der Waals surface area contributed by atoms with Gasteiger partial charge in [-0.25, -0.2) is 0 Å². The Bertz CT molecular complexity index is 345. The number of rotatable bonds is 6. The molecule has 0 saturated heterocycles. The zero-order valence-corrected chi connectivity index (χ0v) is 10.8. The lowest BCUT2D eigenvalue weighted by atomic mass is 10.2. The Hall–Kier alpha value is -1.26. The minimum Gasteiger partial charge on any atom is -0.397 e. The summed E-state index contributed by atoms with van der Waals surface area (Å²) in [7, 11) is 1.66. The smallest absolute Gasteiger partial charge is 0.224 e. The van der Waals surface area contributed by atoms with E-state index in [1.807, 2.05) is 12.1 Å². The number of ether oxygens (including phenoxy) is 1. The van der Waals surface area contributed by atoms with Crippen molar-refractivity contribution in [1.29, 1.82) is 0 Å². The normalized spacial score (nSPS) is 9.47. The van der Waals surface area contributed by atoms with Gasteiger partial charge in [0.2, 0.25) is 5.91 Å². The van der Waals surface area contributed by atoms with Crippen molar-refractivity contribution in [3.05, 3.63) is 24.3 Å². The van der Waals surface area contributed by atoms with E-state index < -0.39 is 0 Å². The predicted molar refractivity (Wildman–Crippen MR) is 72.5 cm³/mol. The number of amides is 1. The van der Waals surface area contributed by atoms with E-state index in [1.54, 1.807) is 19.2 Å². The minimum atomic E-state index is -0.00555. The SMILES string of the molecule is COCCCCC(=O)Nc1ccccc1N.Cl. The van der Waals surface area contributed by atoms with Gasteiger partial charge < -0.3 is 15.8 Å². The molecular formula is C12H19ClN2O2. The Morgan fingerprint density at radius 3 is 2.71 bits per heavy atom. The van der Waals surface area contributed by atoms with E-state index >= 15 is 0 Å². The van der Waals surface area contributed by atoms with Gasteiger partial charge in [0.05, 0.1) is 11.4 Å². The molecule has 0 aliphatic heterocycles. The number of nitrogens with one attached hydrogen (secondary N) is 1. The van der Waals surface area contributed by atoms with Gasteiger partial charge in [-0.3, -0.25) is 4.79 Å². The van der Waals surface area contributed by atoms with E-state index in [2.05, 4.69) is 5.32 Å². The molecule has 5 heteroatoms. The molecular weight excluding hydrogens is 240 g/mol. The molecule has 4 nitrogen and oxygen atoms in total. The lowest BCUT2D eigenvalue weighted by molar-refractivity contribution is -0.116. The molecule has 96 valence electrons. The van der Waals surface area contributed by atoms with Gasteiger partial charge in [0.25, 0.3) is 0 Å². The summed E-state index contributed by atoms with van der Waals surface area (Å²) < 4.78 is 4.91. The van der Waals surface area contributed by atoms with Crippen LogP contribution in [0.3, 0.4) is 0 Å². The number of hydrogen-bond acceptors (Lipinski definition) is 3. The third kappa shape index (κ3) is 6.14. The summed E-state index contributed by atoms with van der Waals surface area (Å²) in [6.45, 7) is 0.695. The Kier molecular flexibility index (Phi) is 8.19. The highest BCUT2D eigenvalue weighted by atomic mass is 35.5. The van der Waals surface area contributed by atoms with Crippen LogP contribution in [0.5, 0.6) is 0 Å². The molecule has 0 bridgehead atoms. The summed E-state index contributed by atoms with van der Waals surface area (Å²) >= 11 is 0. The monoisotopic (exact) mass is 258 g/mol. The number of halogens is 1. The Morgan fingerprint density at radius 1 is 1.35 bits per heavy atom. The van der Waals surface area contributed by atoms with Gasteiger partial charge in [0.15, 0.2) is 0 Å². The first-order chi connectivity index (χ1) is 7.74. The quantitative estimate of drug-likeness (QED) is 0.609. The highest BCUT2D eigenvalue weighted by Crippen LogP contribution is 2.16. The van der Waals surface area contributed by atoms with Crippen molar-refractivity contribution in [1.82, 2.24) is 0 Å². The molecule has 3 N–H and O–H groups in total. The highest BCUT2D eigenvalue weighted by Gasteiger charge is 2.03. The van der Waals surface area contributed by atoms with Crippen LogP contribution >= 0.6 is 12.4 Å². The van der Waals surface area contributed by atoms with E-state index in [-0.39, 0.29) is 18.3 Å². The van der Waals surface area contributed by atoms with Crippen LogP contribution in [-0.2, 0) is 9.53 Å². The summed E-state index contributed by atoms with van der Waals surface area (Å²) in [4.78, 5) is 11.5. The van der Waals surface area contributed by atoms with E-state index in [4.69, 9.17) is 10.5 Å². The maximum Gasteiger partial charge on any atom is 0.224 e. The van der Waals surface area contributed by atoms with Gasteiger partial charge in [-0.05, 0) is 25.0 Å². The minimum absolute atomic E-state index is 0. The van der Waals surface area contributed by atoms with E-state index in [9.17, 15) is 4.79 Å². The highest BCUT2D eigenvalue weighted by molar-refractivity contribution is 5.93. The molecule has 1 rings (SSSR count). The largest absolute Gasteiger partial charge is 0.397 e. The van der Waals surface area contributed by atoms with Gasteiger partial charge in [-0.2, -0.15) is 0 Å². The molecule has 0 aliphatic rings. The van der Waals surface area contributed by atoms with Crippen molar-refractivity contribution in [2.45, 2.75) is 19.3 Å². The number of benzene rings is 1. The molecule has 0 unspecified atom stereocenters. The Labute approximate surface area is 108 Å². The second kappa shape index (κ2) is 8.84. The molecule has 0 radical (unpaired) electrons. The Balaban J connectivity index is 0.00000256. The number of methoxy groups -OCH3 is 1. The first kappa shape index (κ1) is 15.7. The van der Waals surface area contributed by atoms with E-state index in [1.165, 1.54) is 0 Å².